The summed E-state index contributed by atoms with van der Waals surface area (Å²) in [5.74, 6) is 1.13. The number of ether oxygens (including phenoxy) is 2. The van der Waals surface area contributed by atoms with Crippen LogP contribution < -0.4 is 4.74 Å². The second-order valence-corrected chi connectivity index (χ2v) is 6.74. The molecular formula is C15H22O3S. The highest BCUT2D eigenvalue weighted by molar-refractivity contribution is 7.10. The summed E-state index contributed by atoms with van der Waals surface area (Å²) >= 11 is 1.59. The van der Waals surface area contributed by atoms with E-state index in [1.807, 2.05) is 11.4 Å². The molecule has 4 heteroatoms. The Morgan fingerprint density at radius 3 is 3.00 bits per heavy atom. The Kier molecular flexibility index (Phi) is 3.83. The first-order chi connectivity index (χ1) is 9.24. The predicted molar refractivity (Wildman–Crippen MR) is 75.7 cm³/mol. The van der Waals surface area contributed by atoms with Crippen molar-refractivity contribution in [1.82, 2.24) is 0 Å². The van der Waals surface area contributed by atoms with Crippen molar-refractivity contribution in [2.75, 3.05) is 13.7 Å². The molecule has 1 N–H and O–H groups in total. The lowest BCUT2D eigenvalue weighted by molar-refractivity contribution is -0.113. The number of rotatable bonds is 3. The number of thiophene rings is 1. The second kappa shape index (κ2) is 5.43. The molecule has 1 aromatic rings. The lowest BCUT2D eigenvalue weighted by Gasteiger charge is -2.40. The van der Waals surface area contributed by atoms with Gasteiger partial charge in [0.2, 0.25) is 0 Å². The van der Waals surface area contributed by atoms with Crippen LogP contribution in [0.25, 0.3) is 0 Å². The molecule has 106 valence electrons. The Morgan fingerprint density at radius 2 is 2.26 bits per heavy atom. The highest BCUT2D eigenvalue weighted by Crippen LogP contribution is 2.47. The van der Waals surface area contributed by atoms with E-state index < -0.39 is 6.10 Å². The van der Waals surface area contributed by atoms with Gasteiger partial charge >= 0.3 is 0 Å². The van der Waals surface area contributed by atoms with Gasteiger partial charge in [0.05, 0.1) is 23.7 Å². The van der Waals surface area contributed by atoms with Gasteiger partial charge in [0.15, 0.2) is 0 Å². The number of hydrogen-bond donors (Lipinski definition) is 1. The first-order valence-corrected chi connectivity index (χ1v) is 8.05. The second-order valence-electron chi connectivity index (χ2n) is 5.79. The standard InChI is InChI=1S/C15H22O3S/c1-17-12-5-9-19-14(12)13(16)11-4-8-18-15(10-11)6-2-3-7-15/h5,9,11,13,16H,2-4,6-8,10H2,1H3. The summed E-state index contributed by atoms with van der Waals surface area (Å²) in [4.78, 5) is 0.975. The van der Waals surface area contributed by atoms with E-state index in [4.69, 9.17) is 9.47 Å². The van der Waals surface area contributed by atoms with Gasteiger partial charge < -0.3 is 14.6 Å². The van der Waals surface area contributed by atoms with Crippen molar-refractivity contribution in [1.29, 1.82) is 0 Å². The van der Waals surface area contributed by atoms with Crippen LogP contribution in [-0.4, -0.2) is 24.4 Å². The van der Waals surface area contributed by atoms with Gasteiger partial charge in [0.1, 0.15) is 5.75 Å². The summed E-state index contributed by atoms with van der Waals surface area (Å²) < 4.78 is 11.4. The van der Waals surface area contributed by atoms with Crippen LogP contribution in [-0.2, 0) is 4.74 Å². The van der Waals surface area contributed by atoms with E-state index >= 15 is 0 Å². The maximum absolute atomic E-state index is 10.7. The molecule has 0 radical (unpaired) electrons. The molecule has 3 nitrogen and oxygen atoms in total. The first kappa shape index (κ1) is 13.4. The molecule has 2 heterocycles. The van der Waals surface area contributed by atoms with Crippen molar-refractivity contribution in [3.05, 3.63) is 16.3 Å². The van der Waals surface area contributed by atoms with E-state index in [1.165, 1.54) is 12.8 Å². The van der Waals surface area contributed by atoms with Crippen LogP contribution in [0.4, 0.5) is 0 Å². The van der Waals surface area contributed by atoms with Crippen molar-refractivity contribution in [3.63, 3.8) is 0 Å². The van der Waals surface area contributed by atoms with Gasteiger partial charge in [0, 0.05) is 6.61 Å². The number of aliphatic hydroxyl groups excluding tert-OH is 1. The Morgan fingerprint density at radius 1 is 1.47 bits per heavy atom. The minimum atomic E-state index is -0.406. The molecular weight excluding hydrogens is 260 g/mol. The summed E-state index contributed by atoms with van der Waals surface area (Å²) in [5, 5.41) is 12.7. The van der Waals surface area contributed by atoms with Gasteiger partial charge in [-0.15, -0.1) is 11.3 Å². The van der Waals surface area contributed by atoms with E-state index in [-0.39, 0.29) is 5.60 Å². The molecule has 1 aliphatic heterocycles. The highest BCUT2D eigenvalue weighted by atomic mass is 32.1. The van der Waals surface area contributed by atoms with Gasteiger partial charge in [-0.25, -0.2) is 0 Å². The first-order valence-electron chi connectivity index (χ1n) is 7.17. The van der Waals surface area contributed by atoms with Crippen molar-refractivity contribution in [2.24, 2.45) is 5.92 Å². The molecule has 0 aromatic carbocycles. The van der Waals surface area contributed by atoms with Crippen LogP contribution in [0.5, 0.6) is 5.75 Å². The maximum atomic E-state index is 10.7. The van der Waals surface area contributed by atoms with E-state index in [0.717, 1.165) is 42.9 Å². The van der Waals surface area contributed by atoms with Crippen LogP contribution in [0.1, 0.15) is 49.5 Å². The largest absolute Gasteiger partial charge is 0.495 e. The average Bonchev–Trinajstić information content (AvgIpc) is 3.07. The minimum absolute atomic E-state index is 0.0639. The molecule has 1 spiro atoms. The zero-order chi connectivity index (χ0) is 13.3. The van der Waals surface area contributed by atoms with E-state index in [0.29, 0.717) is 5.92 Å². The van der Waals surface area contributed by atoms with Gasteiger partial charge in [-0.3, -0.25) is 0 Å². The predicted octanol–water partition coefficient (Wildman–Crippen LogP) is 3.53. The van der Waals surface area contributed by atoms with Gasteiger partial charge in [-0.1, -0.05) is 12.8 Å². The highest BCUT2D eigenvalue weighted by Gasteiger charge is 2.42. The summed E-state index contributed by atoms with van der Waals surface area (Å²) in [7, 11) is 1.67. The average molecular weight is 282 g/mol. The Hall–Kier alpha value is -0.580. The van der Waals surface area contributed by atoms with E-state index in [2.05, 4.69) is 0 Å². The van der Waals surface area contributed by atoms with E-state index in [1.54, 1.807) is 18.4 Å². The maximum Gasteiger partial charge on any atom is 0.135 e. The minimum Gasteiger partial charge on any atom is -0.495 e. The fraction of sp³-hybridized carbons (Fsp3) is 0.733. The SMILES string of the molecule is COc1ccsc1C(O)C1CCOC2(CCCC2)C1. The fourth-order valence-corrected chi connectivity index (χ4v) is 4.55. The van der Waals surface area contributed by atoms with Gasteiger partial charge in [-0.2, -0.15) is 0 Å². The molecule has 2 unspecified atom stereocenters. The third-order valence-corrected chi connectivity index (χ3v) is 5.61. The van der Waals surface area contributed by atoms with E-state index in [9.17, 15) is 5.11 Å². The molecule has 0 amide bonds. The Balaban J connectivity index is 1.74. The molecule has 1 saturated heterocycles. The van der Waals surface area contributed by atoms with Crippen molar-refractivity contribution in [2.45, 2.75) is 50.2 Å². The quantitative estimate of drug-likeness (QED) is 0.921. The summed E-state index contributed by atoms with van der Waals surface area (Å²) in [6, 6.07) is 1.94. The van der Waals surface area contributed by atoms with Crippen LogP contribution >= 0.6 is 11.3 Å². The molecule has 1 saturated carbocycles. The van der Waals surface area contributed by atoms with Crippen LogP contribution in [0.2, 0.25) is 0 Å². The lowest BCUT2D eigenvalue weighted by atomic mass is 9.81. The Bertz CT molecular complexity index is 423. The molecule has 19 heavy (non-hydrogen) atoms. The third kappa shape index (κ3) is 2.54. The molecule has 2 aliphatic rings. The summed E-state index contributed by atoms with van der Waals surface area (Å²) in [6.07, 6.45) is 6.40. The van der Waals surface area contributed by atoms with Crippen molar-refractivity contribution >= 4 is 11.3 Å². The number of aliphatic hydroxyl groups is 1. The van der Waals surface area contributed by atoms with Crippen LogP contribution in [0.15, 0.2) is 11.4 Å². The zero-order valence-electron chi connectivity index (χ0n) is 11.4. The fourth-order valence-electron chi connectivity index (χ4n) is 3.61. The molecule has 1 aromatic heterocycles. The molecule has 2 atom stereocenters. The number of hydrogen-bond acceptors (Lipinski definition) is 4. The topological polar surface area (TPSA) is 38.7 Å². The number of methoxy groups -OCH3 is 1. The Labute approximate surface area is 118 Å². The zero-order valence-corrected chi connectivity index (χ0v) is 12.2. The molecule has 1 aliphatic carbocycles. The molecule has 0 bridgehead atoms. The monoisotopic (exact) mass is 282 g/mol. The lowest BCUT2D eigenvalue weighted by Crippen LogP contribution is -2.39. The molecule has 2 fully saturated rings. The molecule has 3 rings (SSSR count). The summed E-state index contributed by atoms with van der Waals surface area (Å²) in [6.45, 7) is 0.787. The smallest absolute Gasteiger partial charge is 0.135 e. The van der Waals surface area contributed by atoms with Gasteiger partial charge in [-0.05, 0) is 43.0 Å². The van der Waals surface area contributed by atoms with Crippen LogP contribution in [0, 0.1) is 5.92 Å². The van der Waals surface area contributed by atoms with Gasteiger partial charge in [0.25, 0.3) is 0 Å². The normalized spacial score (nSPS) is 27.6. The van der Waals surface area contributed by atoms with Crippen molar-refractivity contribution < 1.29 is 14.6 Å². The van der Waals surface area contributed by atoms with Crippen LogP contribution in [0.3, 0.4) is 0 Å². The third-order valence-electron chi connectivity index (χ3n) is 4.64. The summed E-state index contributed by atoms with van der Waals surface area (Å²) in [5.41, 5.74) is 0.0639. The van der Waals surface area contributed by atoms with Crippen molar-refractivity contribution in [3.8, 4) is 5.75 Å².